The van der Waals surface area contributed by atoms with Gasteiger partial charge in [-0.25, -0.2) is 9.97 Å². The summed E-state index contributed by atoms with van der Waals surface area (Å²) in [6.45, 7) is 4.78. The highest BCUT2D eigenvalue weighted by Crippen LogP contribution is 2.33. The summed E-state index contributed by atoms with van der Waals surface area (Å²) >= 11 is 0. The first-order valence-corrected chi connectivity index (χ1v) is 7.73. The first-order valence-electron chi connectivity index (χ1n) is 7.73. The second kappa shape index (κ2) is 6.32. The molecular weight excluding hydrogens is 274 g/mol. The molecule has 0 atom stereocenters. The Kier molecular flexibility index (Phi) is 4.24. The number of aryl methyl sites for hydroxylation is 1. The minimum absolute atomic E-state index is 0.800. The number of nitrogens with one attached hydrogen (secondary N) is 1. The summed E-state index contributed by atoms with van der Waals surface area (Å²) in [5.41, 5.74) is 2.65. The maximum Gasteiger partial charge on any atom is 0.138 e. The van der Waals surface area contributed by atoms with E-state index in [9.17, 15) is 0 Å². The van der Waals surface area contributed by atoms with Crippen LogP contribution in [-0.2, 0) is 6.42 Å². The molecule has 0 radical (unpaired) electrons. The second-order valence-corrected chi connectivity index (χ2v) is 5.92. The molecule has 2 aromatic rings. The first-order chi connectivity index (χ1) is 10.6. The Morgan fingerprint density at radius 2 is 2.05 bits per heavy atom. The van der Waals surface area contributed by atoms with E-state index in [2.05, 4.69) is 63.4 Å². The number of hydrogen-bond acceptors (Lipinski definition) is 5. The lowest BCUT2D eigenvalue weighted by Crippen LogP contribution is -2.22. The van der Waals surface area contributed by atoms with Crippen LogP contribution in [0.2, 0.25) is 0 Å². The van der Waals surface area contributed by atoms with E-state index in [0.717, 1.165) is 43.5 Å². The van der Waals surface area contributed by atoms with Crippen LogP contribution in [0.5, 0.6) is 0 Å². The summed E-state index contributed by atoms with van der Waals surface area (Å²) < 4.78 is 0. The third-order valence-electron chi connectivity index (χ3n) is 3.85. The molecule has 22 heavy (non-hydrogen) atoms. The number of hydrogen-bond donors (Lipinski definition) is 1. The van der Waals surface area contributed by atoms with E-state index in [0.29, 0.717) is 0 Å². The van der Waals surface area contributed by atoms with Crippen molar-refractivity contribution in [1.29, 1.82) is 0 Å². The van der Waals surface area contributed by atoms with Gasteiger partial charge in [0.05, 0.1) is 0 Å². The van der Waals surface area contributed by atoms with Crippen LogP contribution >= 0.6 is 0 Å². The van der Waals surface area contributed by atoms with E-state index in [1.165, 1.54) is 11.3 Å². The molecule has 3 rings (SSSR count). The monoisotopic (exact) mass is 297 g/mol. The topological polar surface area (TPSA) is 44.3 Å². The van der Waals surface area contributed by atoms with Gasteiger partial charge >= 0.3 is 0 Å². The first kappa shape index (κ1) is 14.8. The van der Waals surface area contributed by atoms with Gasteiger partial charge in [0.15, 0.2) is 0 Å². The zero-order valence-corrected chi connectivity index (χ0v) is 13.5. The molecule has 2 heterocycles. The van der Waals surface area contributed by atoms with Crippen molar-refractivity contribution in [3.8, 4) is 0 Å². The van der Waals surface area contributed by atoms with Crippen molar-refractivity contribution < 1.29 is 0 Å². The van der Waals surface area contributed by atoms with Gasteiger partial charge in [0.25, 0.3) is 0 Å². The van der Waals surface area contributed by atoms with Gasteiger partial charge in [0.1, 0.15) is 17.5 Å². The summed E-state index contributed by atoms with van der Waals surface area (Å²) in [6, 6.07) is 10.6. The molecule has 1 aliphatic rings. The summed E-state index contributed by atoms with van der Waals surface area (Å²) in [7, 11) is 4.14. The number of likely N-dealkylation sites (N-methyl/N-ethyl adjacent to an activating group) is 1. The van der Waals surface area contributed by atoms with Crippen LogP contribution in [0.1, 0.15) is 11.4 Å². The van der Waals surface area contributed by atoms with Gasteiger partial charge in [-0.3, -0.25) is 0 Å². The molecule has 0 unspecified atom stereocenters. The molecule has 5 heteroatoms. The number of nitrogens with zero attached hydrogens (tertiary/aromatic N) is 4. The number of aromatic nitrogens is 2. The Morgan fingerprint density at radius 1 is 1.23 bits per heavy atom. The molecule has 0 saturated heterocycles. The molecule has 0 fully saturated rings. The largest absolute Gasteiger partial charge is 0.369 e. The number of benzene rings is 1. The molecule has 5 nitrogen and oxygen atoms in total. The van der Waals surface area contributed by atoms with Gasteiger partial charge in [-0.05, 0) is 39.1 Å². The Balaban J connectivity index is 1.81. The van der Waals surface area contributed by atoms with Crippen molar-refractivity contribution in [2.24, 2.45) is 0 Å². The molecule has 0 bridgehead atoms. The highest BCUT2D eigenvalue weighted by molar-refractivity contribution is 5.68. The maximum atomic E-state index is 4.62. The molecule has 1 N–H and O–H groups in total. The normalized spacial score (nSPS) is 13.5. The van der Waals surface area contributed by atoms with Gasteiger partial charge in [-0.1, -0.05) is 18.2 Å². The standard InChI is InChI=1S/C17H23N5/c1-13-19-16(18-9-11-21(2)3)12-17(20-13)22-10-8-14-6-4-5-7-15(14)22/h4-7,12H,8-11H2,1-3H3,(H,18,19,20). The van der Waals surface area contributed by atoms with Gasteiger partial charge in [-0.15, -0.1) is 0 Å². The lowest BCUT2D eigenvalue weighted by Gasteiger charge is -2.20. The summed E-state index contributed by atoms with van der Waals surface area (Å²) in [6.07, 6.45) is 1.07. The molecule has 0 amide bonds. The number of rotatable bonds is 5. The highest BCUT2D eigenvalue weighted by atomic mass is 15.2. The number of fused-ring (bicyclic) bond motifs is 1. The van der Waals surface area contributed by atoms with Crippen molar-refractivity contribution in [2.75, 3.05) is 43.9 Å². The molecule has 116 valence electrons. The molecule has 1 aromatic heterocycles. The lowest BCUT2D eigenvalue weighted by atomic mass is 10.2. The van der Waals surface area contributed by atoms with E-state index < -0.39 is 0 Å². The van der Waals surface area contributed by atoms with Crippen LogP contribution in [0.4, 0.5) is 17.3 Å². The van der Waals surface area contributed by atoms with Crippen molar-refractivity contribution in [1.82, 2.24) is 14.9 Å². The van der Waals surface area contributed by atoms with E-state index in [1.807, 2.05) is 13.0 Å². The Labute approximate surface area is 132 Å². The smallest absolute Gasteiger partial charge is 0.138 e. The Morgan fingerprint density at radius 3 is 2.86 bits per heavy atom. The molecule has 1 aromatic carbocycles. The number of para-hydroxylation sites is 1. The van der Waals surface area contributed by atoms with Crippen molar-refractivity contribution >= 4 is 17.3 Å². The third-order valence-corrected chi connectivity index (χ3v) is 3.85. The van der Waals surface area contributed by atoms with Crippen LogP contribution in [-0.4, -0.2) is 48.6 Å². The van der Waals surface area contributed by atoms with E-state index in [1.54, 1.807) is 0 Å². The highest BCUT2D eigenvalue weighted by Gasteiger charge is 2.21. The van der Waals surface area contributed by atoms with Crippen molar-refractivity contribution in [3.63, 3.8) is 0 Å². The van der Waals surface area contributed by atoms with Crippen LogP contribution in [0.25, 0.3) is 0 Å². The fourth-order valence-corrected chi connectivity index (χ4v) is 2.76. The Hall–Kier alpha value is -2.14. The maximum absolute atomic E-state index is 4.62. The SMILES string of the molecule is Cc1nc(NCCN(C)C)cc(N2CCc3ccccc32)n1. The molecule has 0 spiro atoms. The van der Waals surface area contributed by atoms with E-state index in [-0.39, 0.29) is 0 Å². The summed E-state index contributed by atoms with van der Waals surface area (Å²) in [5, 5.41) is 3.39. The van der Waals surface area contributed by atoms with Crippen molar-refractivity contribution in [3.05, 3.63) is 41.7 Å². The number of anilines is 3. The quantitative estimate of drug-likeness (QED) is 0.918. The van der Waals surface area contributed by atoms with E-state index >= 15 is 0 Å². The predicted octanol–water partition coefficient (Wildman–Crippen LogP) is 2.45. The lowest BCUT2D eigenvalue weighted by molar-refractivity contribution is 0.425. The van der Waals surface area contributed by atoms with Crippen molar-refractivity contribution in [2.45, 2.75) is 13.3 Å². The summed E-state index contributed by atoms with van der Waals surface area (Å²) in [5.74, 6) is 2.67. The van der Waals surface area contributed by atoms with Crippen LogP contribution in [0.3, 0.4) is 0 Å². The molecular formula is C17H23N5. The van der Waals surface area contributed by atoms with Crippen LogP contribution in [0.15, 0.2) is 30.3 Å². The van der Waals surface area contributed by atoms with Crippen LogP contribution < -0.4 is 10.2 Å². The van der Waals surface area contributed by atoms with Crippen LogP contribution in [0, 0.1) is 6.92 Å². The zero-order valence-electron chi connectivity index (χ0n) is 13.5. The zero-order chi connectivity index (χ0) is 15.5. The average molecular weight is 297 g/mol. The minimum Gasteiger partial charge on any atom is -0.369 e. The van der Waals surface area contributed by atoms with Gasteiger partial charge in [0.2, 0.25) is 0 Å². The van der Waals surface area contributed by atoms with Gasteiger partial charge < -0.3 is 15.1 Å². The van der Waals surface area contributed by atoms with Gasteiger partial charge in [-0.2, -0.15) is 0 Å². The molecule has 0 saturated carbocycles. The van der Waals surface area contributed by atoms with E-state index in [4.69, 9.17) is 0 Å². The van der Waals surface area contributed by atoms with Gasteiger partial charge in [0, 0.05) is 31.4 Å². The Bertz CT molecular complexity index is 653. The predicted molar refractivity (Wildman–Crippen MR) is 91.0 cm³/mol. The molecule has 0 aliphatic carbocycles. The molecule has 1 aliphatic heterocycles. The fraction of sp³-hybridized carbons (Fsp3) is 0.412. The minimum atomic E-state index is 0.800. The fourth-order valence-electron chi connectivity index (χ4n) is 2.76. The second-order valence-electron chi connectivity index (χ2n) is 5.92. The average Bonchev–Trinajstić information content (AvgIpc) is 2.90. The third kappa shape index (κ3) is 3.20. The summed E-state index contributed by atoms with van der Waals surface area (Å²) in [4.78, 5) is 13.5.